The minimum Gasteiger partial charge on any atom is -0.404 e. The van der Waals surface area contributed by atoms with Gasteiger partial charge < -0.3 is 5.73 Å². The van der Waals surface area contributed by atoms with Crippen molar-refractivity contribution in [2.75, 3.05) is 0 Å². The van der Waals surface area contributed by atoms with Crippen LogP contribution in [0.5, 0.6) is 0 Å². The molecule has 2 nitrogen and oxygen atoms in total. The molecule has 94 valence electrons. The van der Waals surface area contributed by atoms with Crippen LogP contribution in [0.3, 0.4) is 0 Å². The molecule has 1 aromatic carbocycles. The van der Waals surface area contributed by atoms with Gasteiger partial charge in [0.05, 0.1) is 5.69 Å². The van der Waals surface area contributed by atoms with E-state index in [0.29, 0.717) is 0 Å². The van der Waals surface area contributed by atoms with E-state index in [2.05, 4.69) is 4.99 Å². The monoisotopic (exact) mass is 260 g/mol. The summed E-state index contributed by atoms with van der Waals surface area (Å²) < 4.78 is 0. The van der Waals surface area contributed by atoms with E-state index >= 15 is 0 Å². The SMILES string of the molecule is NC=C1CCCCC(C=Nc2ccccc2)=C1Cl. The van der Waals surface area contributed by atoms with E-state index in [-0.39, 0.29) is 0 Å². The van der Waals surface area contributed by atoms with Gasteiger partial charge in [-0.1, -0.05) is 29.8 Å². The topological polar surface area (TPSA) is 38.4 Å². The van der Waals surface area contributed by atoms with Crippen molar-refractivity contribution >= 4 is 23.5 Å². The second kappa shape index (κ2) is 6.41. The lowest BCUT2D eigenvalue weighted by Gasteiger charge is -2.03. The summed E-state index contributed by atoms with van der Waals surface area (Å²) in [5.74, 6) is 0. The van der Waals surface area contributed by atoms with E-state index in [1.54, 1.807) is 6.20 Å². The van der Waals surface area contributed by atoms with Crippen LogP contribution in [0.25, 0.3) is 0 Å². The molecule has 3 heteroatoms. The molecule has 1 aliphatic rings. The predicted octanol–water partition coefficient (Wildman–Crippen LogP) is 4.30. The Balaban J connectivity index is 2.23. The molecule has 18 heavy (non-hydrogen) atoms. The third kappa shape index (κ3) is 3.23. The highest BCUT2D eigenvalue weighted by Gasteiger charge is 2.12. The van der Waals surface area contributed by atoms with Gasteiger partial charge in [0.2, 0.25) is 0 Å². The van der Waals surface area contributed by atoms with Crippen molar-refractivity contribution in [1.29, 1.82) is 0 Å². The summed E-state index contributed by atoms with van der Waals surface area (Å²) in [6.45, 7) is 0. The highest BCUT2D eigenvalue weighted by Crippen LogP contribution is 2.30. The Bertz CT molecular complexity index is 486. The summed E-state index contributed by atoms with van der Waals surface area (Å²) in [7, 11) is 0. The van der Waals surface area contributed by atoms with Crippen molar-refractivity contribution in [3.63, 3.8) is 0 Å². The molecule has 0 spiro atoms. The molecule has 0 unspecified atom stereocenters. The molecule has 1 aromatic rings. The third-order valence-electron chi connectivity index (χ3n) is 3.03. The zero-order valence-electron chi connectivity index (χ0n) is 10.3. The van der Waals surface area contributed by atoms with Gasteiger partial charge in [0, 0.05) is 11.2 Å². The Labute approximate surface area is 113 Å². The largest absolute Gasteiger partial charge is 0.404 e. The first-order valence-corrected chi connectivity index (χ1v) is 6.58. The standard InChI is InChI=1S/C15H17ClN2/c16-15-12(10-17)6-4-5-7-13(15)11-18-14-8-2-1-3-9-14/h1-3,8-11H,4-7,17H2. The van der Waals surface area contributed by atoms with Crippen LogP contribution in [0.1, 0.15) is 25.7 Å². The van der Waals surface area contributed by atoms with E-state index in [4.69, 9.17) is 17.3 Å². The van der Waals surface area contributed by atoms with Crippen LogP contribution in [-0.2, 0) is 0 Å². The highest BCUT2D eigenvalue weighted by molar-refractivity contribution is 6.33. The number of rotatable bonds is 2. The third-order valence-corrected chi connectivity index (χ3v) is 3.52. The average Bonchev–Trinajstić information content (AvgIpc) is 2.59. The van der Waals surface area contributed by atoms with Gasteiger partial charge in [-0.25, -0.2) is 0 Å². The van der Waals surface area contributed by atoms with Crippen LogP contribution in [0.2, 0.25) is 0 Å². The fraction of sp³-hybridized carbons (Fsp3) is 0.267. The zero-order chi connectivity index (χ0) is 12.8. The van der Waals surface area contributed by atoms with Crippen molar-refractivity contribution in [3.8, 4) is 0 Å². The van der Waals surface area contributed by atoms with Gasteiger partial charge in [-0.2, -0.15) is 0 Å². The first-order valence-electron chi connectivity index (χ1n) is 6.20. The Hall–Kier alpha value is -1.54. The van der Waals surface area contributed by atoms with Crippen LogP contribution in [0, 0.1) is 0 Å². The molecule has 0 radical (unpaired) electrons. The maximum absolute atomic E-state index is 6.36. The number of benzene rings is 1. The number of nitrogens with two attached hydrogens (primary N) is 1. The number of hydrogen-bond donors (Lipinski definition) is 1. The first-order chi connectivity index (χ1) is 8.81. The quantitative estimate of drug-likeness (QED) is 0.791. The molecule has 0 fully saturated rings. The average molecular weight is 261 g/mol. The maximum Gasteiger partial charge on any atom is 0.0629 e. The minimum absolute atomic E-state index is 0.773. The Morgan fingerprint density at radius 1 is 1.11 bits per heavy atom. The lowest BCUT2D eigenvalue weighted by molar-refractivity contribution is 0.759. The molecule has 0 aliphatic heterocycles. The number of nitrogens with zero attached hydrogens (tertiary/aromatic N) is 1. The molecule has 2 N–H and O–H groups in total. The molecule has 0 amide bonds. The highest BCUT2D eigenvalue weighted by atomic mass is 35.5. The molecule has 0 aromatic heterocycles. The minimum atomic E-state index is 0.773. The maximum atomic E-state index is 6.36. The summed E-state index contributed by atoms with van der Waals surface area (Å²) in [4.78, 5) is 4.46. The van der Waals surface area contributed by atoms with Crippen molar-refractivity contribution in [2.45, 2.75) is 25.7 Å². The number of halogens is 1. The summed E-state index contributed by atoms with van der Waals surface area (Å²) in [6.07, 6.45) is 7.66. The van der Waals surface area contributed by atoms with Crippen molar-refractivity contribution < 1.29 is 0 Å². The Morgan fingerprint density at radius 2 is 1.83 bits per heavy atom. The normalized spacial score (nSPS) is 19.5. The van der Waals surface area contributed by atoms with E-state index in [1.807, 2.05) is 36.5 Å². The van der Waals surface area contributed by atoms with Crippen LogP contribution in [0.15, 0.2) is 57.7 Å². The number of aliphatic imine (C=N–C) groups is 1. The van der Waals surface area contributed by atoms with E-state index < -0.39 is 0 Å². The Kier molecular flexibility index (Phi) is 4.59. The summed E-state index contributed by atoms with van der Waals surface area (Å²) in [6, 6.07) is 9.87. The van der Waals surface area contributed by atoms with Crippen LogP contribution in [0.4, 0.5) is 5.69 Å². The van der Waals surface area contributed by atoms with Gasteiger partial charge in [-0.3, -0.25) is 4.99 Å². The van der Waals surface area contributed by atoms with E-state index in [9.17, 15) is 0 Å². The van der Waals surface area contributed by atoms with Crippen LogP contribution >= 0.6 is 11.6 Å². The van der Waals surface area contributed by atoms with Crippen LogP contribution in [-0.4, -0.2) is 6.21 Å². The summed E-state index contributed by atoms with van der Waals surface area (Å²) in [5.41, 5.74) is 8.66. The molecule has 2 rings (SSSR count). The van der Waals surface area contributed by atoms with Gasteiger partial charge in [0.25, 0.3) is 0 Å². The van der Waals surface area contributed by atoms with E-state index in [1.165, 1.54) is 0 Å². The zero-order valence-corrected chi connectivity index (χ0v) is 11.0. The fourth-order valence-corrected chi connectivity index (χ4v) is 2.30. The lowest BCUT2D eigenvalue weighted by atomic mass is 10.1. The van der Waals surface area contributed by atoms with Crippen molar-refractivity contribution in [3.05, 3.63) is 52.7 Å². The number of allylic oxidation sites excluding steroid dienone is 3. The molecule has 0 atom stereocenters. The van der Waals surface area contributed by atoms with Gasteiger partial charge in [-0.15, -0.1) is 0 Å². The predicted molar refractivity (Wildman–Crippen MR) is 78.2 cm³/mol. The summed E-state index contributed by atoms with van der Waals surface area (Å²) >= 11 is 6.36. The second-order valence-corrected chi connectivity index (χ2v) is 4.71. The second-order valence-electron chi connectivity index (χ2n) is 4.33. The fourth-order valence-electron chi connectivity index (χ4n) is 2.00. The van der Waals surface area contributed by atoms with Gasteiger partial charge >= 0.3 is 0 Å². The summed E-state index contributed by atoms with van der Waals surface area (Å²) in [5, 5.41) is 0.773. The molecule has 0 bridgehead atoms. The van der Waals surface area contributed by atoms with Gasteiger partial charge in [0.15, 0.2) is 0 Å². The molecule has 0 saturated heterocycles. The number of para-hydroxylation sites is 1. The van der Waals surface area contributed by atoms with E-state index in [0.717, 1.165) is 47.5 Å². The molecule has 0 saturated carbocycles. The molecule has 1 aliphatic carbocycles. The van der Waals surface area contributed by atoms with Gasteiger partial charge in [-0.05, 0) is 55.2 Å². The van der Waals surface area contributed by atoms with Crippen LogP contribution < -0.4 is 5.73 Å². The molecular formula is C15H17ClN2. The first kappa shape index (κ1) is 12.9. The lowest BCUT2D eigenvalue weighted by Crippen LogP contribution is -1.92. The number of hydrogen-bond acceptors (Lipinski definition) is 2. The Morgan fingerprint density at radius 3 is 2.56 bits per heavy atom. The van der Waals surface area contributed by atoms with Gasteiger partial charge in [0.1, 0.15) is 0 Å². The smallest absolute Gasteiger partial charge is 0.0629 e. The molecule has 0 heterocycles. The van der Waals surface area contributed by atoms with Crippen molar-refractivity contribution in [2.24, 2.45) is 10.7 Å². The van der Waals surface area contributed by atoms with Crippen molar-refractivity contribution in [1.82, 2.24) is 0 Å². The molecular weight excluding hydrogens is 244 g/mol.